The van der Waals surface area contributed by atoms with Crippen LogP contribution in [0.5, 0.6) is 11.6 Å². The minimum absolute atomic E-state index is 0.105. The van der Waals surface area contributed by atoms with Crippen LogP contribution in [0.25, 0.3) is 0 Å². The lowest BCUT2D eigenvalue weighted by atomic mass is 10.2. The van der Waals surface area contributed by atoms with E-state index < -0.39 is 12.8 Å². The Hall–Kier alpha value is -2.29. The molecule has 0 bridgehead atoms. The Morgan fingerprint density at radius 2 is 2.04 bits per heavy atom. The fraction of sp³-hybridized carbons (Fsp3) is 0.250. The third-order valence-corrected chi connectivity index (χ3v) is 3.75. The van der Waals surface area contributed by atoms with E-state index in [0.29, 0.717) is 21.3 Å². The van der Waals surface area contributed by atoms with Crippen molar-refractivity contribution in [2.75, 3.05) is 13.7 Å². The molecule has 134 valence electrons. The molecule has 9 heteroatoms. The first-order valence-electron chi connectivity index (χ1n) is 7.05. The molecule has 0 spiro atoms. The summed E-state index contributed by atoms with van der Waals surface area (Å²) in [6.07, 6.45) is -3.13. The minimum Gasteiger partial charge on any atom is -0.497 e. The maximum absolute atomic E-state index is 12.3. The molecule has 1 aromatic carbocycles. The zero-order valence-corrected chi connectivity index (χ0v) is 14.6. The Morgan fingerprint density at radius 1 is 1.28 bits per heavy atom. The standard InChI is InChI=1S/C16H14BrF3N2O3/c1-24-11-2-3-13(17)12(7-11)15(23)22-8-10-4-5-21-14(6-10)25-9-16(18,19)20/h2-7H,8-9H2,1H3,(H,22,23). The van der Waals surface area contributed by atoms with Gasteiger partial charge in [0.25, 0.3) is 5.91 Å². The highest BCUT2D eigenvalue weighted by Gasteiger charge is 2.28. The van der Waals surface area contributed by atoms with Gasteiger partial charge < -0.3 is 14.8 Å². The second kappa shape index (κ2) is 8.19. The topological polar surface area (TPSA) is 60.5 Å². The van der Waals surface area contributed by atoms with Crippen molar-refractivity contribution in [1.82, 2.24) is 10.3 Å². The Bertz CT molecular complexity index is 754. The minimum atomic E-state index is -4.44. The number of alkyl halides is 3. The number of carbonyl (C=O) groups is 1. The quantitative estimate of drug-likeness (QED) is 0.776. The number of nitrogens with one attached hydrogen (secondary N) is 1. The maximum atomic E-state index is 12.3. The molecule has 2 rings (SSSR count). The van der Waals surface area contributed by atoms with Gasteiger partial charge in [0.15, 0.2) is 6.61 Å². The van der Waals surface area contributed by atoms with Gasteiger partial charge in [-0.1, -0.05) is 0 Å². The average Bonchev–Trinajstić information content (AvgIpc) is 2.58. The number of aromatic nitrogens is 1. The van der Waals surface area contributed by atoms with E-state index in [1.807, 2.05) is 0 Å². The van der Waals surface area contributed by atoms with Gasteiger partial charge in [-0.05, 0) is 45.8 Å². The van der Waals surface area contributed by atoms with Crippen LogP contribution in [-0.4, -0.2) is 30.8 Å². The zero-order valence-electron chi connectivity index (χ0n) is 13.1. The van der Waals surface area contributed by atoms with Crippen molar-refractivity contribution in [2.45, 2.75) is 12.7 Å². The molecule has 0 unspecified atom stereocenters. The number of hydrogen-bond acceptors (Lipinski definition) is 4. The molecule has 0 saturated heterocycles. The molecular formula is C16H14BrF3N2O3. The second-order valence-corrected chi connectivity index (χ2v) is 5.79. The van der Waals surface area contributed by atoms with Gasteiger partial charge in [-0.3, -0.25) is 4.79 Å². The van der Waals surface area contributed by atoms with Gasteiger partial charge in [-0.15, -0.1) is 0 Å². The van der Waals surface area contributed by atoms with Crippen LogP contribution < -0.4 is 14.8 Å². The number of benzene rings is 1. The van der Waals surface area contributed by atoms with Gasteiger partial charge >= 0.3 is 6.18 Å². The zero-order chi connectivity index (χ0) is 18.4. The lowest BCUT2D eigenvalue weighted by Gasteiger charge is -2.11. The molecule has 1 heterocycles. The van der Waals surface area contributed by atoms with E-state index in [-0.39, 0.29) is 18.3 Å². The Morgan fingerprint density at radius 3 is 2.72 bits per heavy atom. The normalized spacial score (nSPS) is 11.1. The van der Waals surface area contributed by atoms with Gasteiger partial charge in [-0.25, -0.2) is 4.98 Å². The first-order chi connectivity index (χ1) is 11.8. The second-order valence-electron chi connectivity index (χ2n) is 4.93. The van der Waals surface area contributed by atoms with Crippen molar-refractivity contribution in [3.05, 3.63) is 52.1 Å². The first-order valence-corrected chi connectivity index (χ1v) is 7.84. The molecule has 0 aliphatic carbocycles. The van der Waals surface area contributed by atoms with Crippen molar-refractivity contribution in [2.24, 2.45) is 0 Å². The van der Waals surface area contributed by atoms with Crippen LogP contribution in [0, 0.1) is 0 Å². The Balaban J connectivity index is 2.00. The van der Waals surface area contributed by atoms with Gasteiger partial charge in [-0.2, -0.15) is 13.2 Å². The summed E-state index contributed by atoms with van der Waals surface area (Å²) in [4.78, 5) is 16.0. The van der Waals surface area contributed by atoms with E-state index >= 15 is 0 Å². The molecule has 1 aromatic heterocycles. The summed E-state index contributed by atoms with van der Waals surface area (Å²) >= 11 is 3.28. The van der Waals surface area contributed by atoms with E-state index in [0.717, 1.165) is 0 Å². The fourth-order valence-corrected chi connectivity index (χ4v) is 2.30. The van der Waals surface area contributed by atoms with Gasteiger partial charge in [0, 0.05) is 23.3 Å². The van der Waals surface area contributed by atoms with Crippen LogP contribution in [0.2, 0.25) is 0 Å². The summed E-state index contributed by atoms with van der Waals surface area (Å²) in [5, 5.41) is 2.68. The summed E-state index contributed by atoms with van der Waals surface area (Å²) in [5.41, 5.74) is 0.932. The summed E-state index contributed by atoms with van der Waals surface area (Å²) in [7, 11) is 1.49. The molecule has 2 aromatic rings. The van der Waals surface area contributed by atoms with Crippen LogP contribution >= 0.6 is 15.9 Å². The van der Waals surface area contributed by atoms with E-state index in [9.17, 15) is 18.0 Å². The van der Waals surface area contributed by atoms with E-state index in [1.54, 1.807) is 24.3 Å². The molecule has 0 fully saturated rings. The SMILES string of the molecule is COc1ccc(Br)c(C(=O)NCc2ccnc(OCC(F)(F)F)c2)c1. The Labute approximate surface area is 150 Å². The highest BCUT2D eigenvalue weighted by molar-refractivity contribution is 9.10. The first kappa shape index (κ1) is 19.0. The number of hydrogen-bond donors (Lipinski definition) is 1. The molecule has 0 aliphatic heterocycles. The van der Waals surface area contributed by atoms with Gasteiger partial charge in [0.1, 0.15) is 5.75 Å². The number of rotatable bonds is 6. The monoisotopic (exact) mass is 418 g/mol. The van der Waals surface area contributed by atoms with Crippen molar-refractivity contribution < 1.29 is 27.4 Å². The third kappa shape index (κ3) is 5.93. The summed E-state index contributed by atoms with van der Waals surface area (Å²) in [5.74, 6) is 0.00656. The van der Waals surface area contributed by atoms with Crippen molar-refractivity contribution >= 4 is 21.8 Å². The highest BCUT2D eigenvalue weighted by atomic mass is 79.9. The Kier molecular flexibility index (Phi) is 6.24. The largest absolute Gasteiger partial charge is 0.497 e. The predicted octanol–water partition coefficient (Wildman–Crippen LogP) is 3.72. The molecule has 1 amide bonds. The summed E-state index contributed by atoms with van der Waals surface area (Å²) < 4.78 is 46.7. The molecule has 25 heavy (non-hydrogen) atoms. The van der Waals surface area contributed by atoms with Crippen LogP contribution in [0.4, 0.5) is 13.2 Å². The van der Waals surface area contributed by atoms with Crippen LogP contribution in [0.1, 0.15) is 15.9 Å². The number of amides is 1. The number of methoxy groups -OCH3 is 1. The number of pyridine rings is 1. The van der Waals surface area contributed by atoms with Crippen molar-refractivity contribution in [1.29, 1.82) is 0 Å². The molecular weight excluding hydrogens is 405 g/mol. The average molecular weight is 419 g/mol. The molecule has 0 atom stereocenters. The van der Waals surface area contributed by atoms with E-state index in [4.69, 9.17) is 4.74 Å². The fourth-order valence-electron chi connectivity index (χ4n) is 1.88. The molecule has 1 N–H and O–H groups in total. The number of halogens is 4. The van der Waals surface area contributed by atoms with Crippen LogP contribution in [-0.2, 0) is 6.54 Å². The maximum Gasteiger partial charge on any atom is 0.422 e. The summed E-state index contributed by atoms with van der Waals surface area (Å²) in [6.45, 7) is -1.32. The van der Waals surface area contributed by atoms with Gasteiger partial charge in [0.05, 0.1) is 12.7 Å². The molecule has 5 nitrogen and oxygen atoms in total. The molecule has 0 radical (unpaired) electrons. The lowest BCUT2D eigenvalue weighted by Crippen LogP contribution is -2.23. The number of ether oxygens (including phenoxy) is 2. The lowest BCUT2D eigenvalue weighted by molar-refractivity contribution is -0.154. The van der Waals surface area contributed by atoms with E-state index in [2.05, 4.69) is 31.0 Å². The molecule has 0 aliphatic rings. The van der Waals surface area contributed by atoms with Crippen LogP contribution in [0.3, 0.4) is 0 Å². The highest BCUT2D eigenvalue weighted by Crippen LogP contribution is 2.22. The van der Waals surface area contributed by atoms with E-state index in [1.165, 1.54) is 19.4 Å². The van der Waals surface area contributed by atoms with Crippen molar-refractivity contribution in [3.63, 3.8) is 0 Å². The third-order valence-electron chi connectivity index (χ3n) is 3.05. The summed E-state index contributed by atoms with van der Waals surface area (Å²) in [6, 6.07) is 7.87. The van der Waals surface area contributed by atoms with Crippen LogP contribution in [0.15, 0.2) is 41.0 Å². The van der Waals surface area contributed by atoms with Crippen molar-refractivity contribution in [3.8, 4) is 11.6 Å². The molecule has 0 saturated carbocycles. The number of carbonyl (C=O) groups excluding carboxylic acids is 1. The number of nitrogens with zero attached hydrogens (tertiary/aromatic N) is 1. The smallest absolute Gasteiger partial charge is 0.422 e. The van der Waals surface area contributed by atoms with Gasteiger partial charge in [0.2, 0.25) is 5.88 Å². The predicted molar refractivity (Wildman–Crippen MR) is 87.7 cm³/mol.